The van der Waals surface area contributed by atoms with Gasteiger partial charge in [-0.05, 0) is 43.2 Å². The van der Waals surface area contributed by atoms with Gasteiger partial charge in [0.1, 0.15) is 10.0 Å². The van der Waals surface area contributed by atoms with Crippen molar-refractivity contribution in [2.75, 3.05) is 27.2 Å². The lowest BCUT2D eigenvalue weighted by molar-refractivity contribution is -0.123. The van der Waals surface area contributed by atoms with E-state index in [4.69, 9.17) is 22.1 Å². The predicted octanol–water partition coefficient (Wildman–Crippen LogP) is 4.17. The van der Waals surface area contributed by atoms with E-state index in [-0.39, 0.29) is 16.9 Å². The van der Waals surface area contributed by atoms with Gasteiger partial charge in [-0.15, -0.1) is 0 Å². The Morgan fingerprint density at radius 1 is 1.19 bits per heavy atom. The number of ether oxygens (including phenoxy) is 1. The topological polar surface area (TPSA) is 84.7 Å². The number of rotatable bonds is 7. The molecule has 11 heteroatoms. The van der Waals surface area contributed by atoms with Crippen LogP contribution < -0.4 is 0 Å². The van der Waals surface area contributed by atoms with E-state index in [1.54, 1.807) is 33.9 Å². The summed E-state index contributed by atoms with van der Waals surface area (Å²) in [7, 11) is -0.641. The molecular formula is C26H26N4O4S3. The Morgan fingerprint density at radius 3 is 2.68 bits per heavy atom. The van der Waals surface area contributed by atoms with Crippen LogP contribution in [0.25, 0.3) is 23.0 Å². The smallest absolute Gasteiger partial charge is 0.266 e. The lowest BCUT2D eigenvalue weighted by Gasteiger charge is -2.18. The van der Waals surface area contributed by atoms with Gasteiger partial charge in [-0.3, -0.25) is 9.69 Å². The fourth-order valence-corrected chi connectivity index (χ4v) is 6.45. The molecule has 2 aliphatic heterocycles. The third-order valence-corrected chi connectivity index (χ3v) is 9.41. The Labute approximate surface area is 226 Å². The van der Waals surface area contributed by atoms with Gasteiger partial charge in [0, 0.05) is 38.0 Å². The van der Waals surface area contributed by atoms with E-state index in [0.717, 1.165) is 18.5 Å². The number of amides is 1. The molecule has 2 saturated heterocycles. The van der Waals surface area contributed by atoms with Gasteiger partial charge in [-0.1, -0.05) is 54.3 Å². The first-order valence-corrected chi connectivity index (χ1v) is 14.5. The van der Waals surface area contributed by atoms with Crippen molar-refractivity contribution in [1.29, 1.82) is 0 Å². The molecule has 5 rings (SSSR count). The van der Waals surface area contributed by atoms with E-state index in [2.05, 4.69) is 0 Å². The molecular weight excluding hydrogens is 529 g/mol. The summed E-state index contributed by atoms with van der Waals surface area (Å²) in [4.78, 5) is 15.5. The number of aromatic nitrogens is 2. The summed E-state index contributed by atoms with van der Waals surface area (Å²) in [6, 6.07) is 16.3. The Bertz CT molecular complexity index is 1480. The van der Waals surface area contributed by atoms with Gasteiger partial charge in [0.05, 0.1) is 28.1 Å². The molecule has 1 aromatic heterocycles. The molecule has 0 spiro atoms. The molecule has 8 nitrogen and oxygen atoms in total. The maximum atomic E-state index is 13.3. The van der Waals surface area contributed by atoms with Crippen LogP contribution in [-0.4, -0.2) is 71.0 Å². The van der Waals surface area contributed by atoms with Crippen molar-refractivity contribution in [3.63, 3.8) is 0 Å². The monoisotopic (exact) mass is 554 g/mol. The Balaban J connectivity index is 1.56. The molecule has 2 fully saturated rings. The molecule has 1 atom stereocenters. The molecule has 2 aliphatic rings. The van der Waals surface area contributed by atoms with Gasteiger partial charge in [0.25, 0.3) is 5.91 Å². The van der Waals surface area contributed by atoms with Gasteiger partial charge in [0.15, 0.2) is 0 Å². The van der Waals surface area contributed by atoms with E-state index >= 15 is 0 Å². The number of carbonyl (C=O) groups is 1. The highest BCUT2D eigenvalue weighted by Gasteiger charge is 2.35. The van der Waals surface area contributed by atoms with Gasteiger partial charge in [-0.2, -0.15) is 5.10 Å². The van der Waals surface area contributed by atoms with Crippen molar-refractivity contribution in [3.05, 3.63) is 71.3 Å². The molecule has 0 aliphatic carbocycles. The fourth-order valence-electron chi connectivity index (χ4n) is 4.24. The van der Waals surface area contributed by atoms with Crippen LogP contribution in [0.2, 0.25) is 0 Å². The number of thiocarbonyl (C=S) groups is 1. The first kappa shape index (κ1) is 25.8. The predicted molar refractivity (Wildman–Crippen MR) is 149 cm³/mol. The molecule has 1 amide bonds. The minimum Gasteiger partial charge on any atom is -0.376 e. The third kappa shape index (κ3) is 5.27. The SMILES string of the molecule is CN(C)S(=O)(=O)c1cccc(-c2nn(-c3ccccc3)cc2/C=C2\SC(=S)N(CC3CCCO3)C2=O)c1. The zero-order valence-electron chi connectivity index (χ0n) is 20.4. The number of sulfonamides is 1. The molecule has 3 heterocycles. The van der Waals surface area contributed by atoms with Crippen molar-refractivity contribution in [2.45, 2.75) is 23.8 Å². The molecule has 0 bridgehead atoms. The Hall–Kier alpha value is -2.83. The molecule has 0 saturated carbocycles. The first-order valence-electron chi connectivity index (χ1n) is 11.8. The van der Waals surface area contributed by atoms with Crippen molar-refractivity contribution in [1.82, 2.24) is 19.0 Å². The highest BCUT2D eigenvalue weighted by molar-refractivity contribution is 8.26. The minimum atomic E-state index is -3.63. The number of thioether (sulfide) groups is 1. The molecule has 0 radical (unpaired) electrons. The zero-order chi connectivity index (χ0) is 26.2. The van der Waals surface area contributed by atoms with Crippen LogP contribution in [0.3, 0.4) is 0 Å². The zero-order valence-corrected chi connectivity index (χ0v) is 22.9. The largest absolute Gasteiger partial charge is 0.376 e. The maximum absolute atomic E-state index is 13.3. The third-order valence-electron chi connectivity index (χ3n) is 6.22. The van der Waals surface area contributed by atoms with Gasteiger partial charge in [-0.25, -0.2) is 17.4 Å². The quantitative estimate of drug-likeness (QED) is 0.320. The molecule has 2 aromatic carbocycles. The standard InChI is InChI=1S/C26H26N4O4S3/c1-28(2)37(32,33)22-12-6-8-18(14-22)24-19(16-30(27-24)20-9-4-3-5-10-20)15-23-25(31)29(26(35)36-23)17-21-11-7-13-34-21/h3-6,8-10,12,14-16,21H,7,11,13,17H2,1-2H3/b23-15-. The normalized spacial score (nSPS) is 19.5. The van der Waals surface area contributed by atoms with Crippen LogP contribution in [0.15, 0.2) is 70.6 Å². The van der Waals surface area contributed by atoms with E-state index in [1.165, 1.54) is 30.2 Å². The Kier molecular flexibility index (Phi) is 7.32. The highest BCUT2D eigenvalue weighted by Crippen LogP contribution is 2.36. The van der Waals surface area contributed by atoms with Crippen LogP contribution in [-0.2, 0) is 19.6 Å². The van der Waals surface area contributed by atoms with Crippen LogP contribution >= 0.6 is 24.0 Å². The number of para-hydroxylation sites is 1. The summed E-state index contributed by atoms with van der Waals surface area (Å²) >= 11 is 6.77. The van der Waals surface area contributed by atoms with Crippen LogP contribution in [0, 0.1) is 0 Å². The summed E-state index contributed by atoms with van der Waals surface area (Å²) in [5, 5.41) is 4.78. The minimum absolute atomic E-state index is 0.000345. The van der Waals surface area contributed by atoms with E-state index in [9.17, 15) is 13.2 Å². The van der Waals surface area contributed by atoms with Crippen LogP contribution in [0.4, 0.5) is 0 Å². The van der Waals surface area contributed by atoms with E-state index in [0.29, 0.717) is 39.2 Å². The summed E-state index contributed by atoms with van der Waals surface area (Å²) < 4.78 is 34.7. The molecule has 192 valence electrons. The lowest BCUT2D eigenvalue weighted by Crippen LogP contribution is -2.35. The van der Waals surface area contributed by atoms with Crippen molar-refractivity contribution in [3.8, 4) is 16.9 Å². The highest BCUT2D eigenvalue weighted by atomic mass is 32.2. The summed E-state index contributed by atoms with van der Waals surface area (Å²) in [6.45, 7) is 1.16. The van der Waals surface area contributed by atoms with Crippen molar-refractivity contribution in [2.24, 2.45) is 0 Å². The number of carbonyl (C=O) groups excluding carboxylic acids is 1. The number of hydrogen-bond donors (Lipinski definition) is 0. The number of nitrogens with zero attached hydrogens (tertiary/aromatic N) is 4. The lowest BCUT2D eigenvalue weighted by atomic mass is 10.1. The average molecular weight is 555 g/mol. The molecule has 1 unspecified atom stereocenters. The second-order valence-electron chi connectivity index (χ2n) is 8.96. The fraction of sp³-hybridized carbons (Fsp3) is 0.269. The van der Waals surface area contributed by atoms with E-state index in [1.807, 2.05) is 42.6 Å². The van der Waals surface area contributed by atoms with Gasteiger partial charge < -0.3 is 4.74 Å². The second kappa shape index (κ2) is 10.5. The second-order valence-corrected chi connectivity index (χ2v) is 12.8. The summed E-state index contributed by atoms with van der Waals surface area (Å²) in [5.41, 5.74) is 2.70. The number of hydrogen-bond acceptors (Lipinski definition) is 7. The van der Waals surface area contributed by atoms with Gasteiger partial charge >= 0.3 is 0 Å². The van der Waals surface area contributed by atoms with E-state index < -0.39 is 10.0 Å². The molecule has 0 N–H and O–H groups in total. The summed E-state index contributed by atoms with van der Waals surface area (Å²) in [5.74, 6) is -0.159. The average Bonchev–Trinajstić information content (AvgIpc) is 3.62. The maximum Gasteiger partial charge on any atom is 0.266 e. The van der Waals surface area contributed by atoms with Crippen molar-refractivity contribution < 1.29 is 17.9 Å². The van der Waals surface area contributed by atoms with Gasteiger partial charge in [0.2, 0.25) is 10.0 Å². The van der Waals surface area contributed by atoms with Crippen LogP contribution in [0.1, 0.15) is 18.4 Å². The van der Waals surface area contributed by atoms with Crippen LogP contribution in [0.5, 0.6) is 0 Å². The first-order chi connectivity index (χ1) is 17.7. The summed E-state index contributed by atoms with van der Waals surface area (Å²) in [6.07, 6.45) is 5.52. The Morgan fingerprint density at radius 2 is 1.97 bits per heavy atom. The number of benzene rings is 2. The molecule has 37 heavy (non-hydrogen) atoms. The molecule has 3 aromatic rings. The van der Waals surface area contributed by atoms with Crippen molar-refractivity contribution >= 4 is 50.3 Å².